The fourth-order valence-electron chi connectivity index (χ4n) is 3.79. The van der Waals surface area contributed by atoms with Gasteiger partial charge in [-0.25, -0.2) is 0 Å². The fraction of sp³-hybridized carbons (Fsp3) is 0.667. The van der Waals surface area contributed by atoms with Gasteiger partial charge in [0, 0.05) is 0 Å². The number of hydrogen-bond acceptors (Lipinski definition) is 1. The standard InChI is InChI=1S/C18H28S/c1-17(12-8-5-9-13-17)18(2,14-15-19-3)16-10-6-4-7-11-16/h4,6-7,10-11H,5,8-9,12-15H2,1-3H3. The average Bonchev–Trinajstić information content (AvgIpc) is 2.46. The van der Waals surface area contributed by atoms with Crippen LogP contribution in [0.3, 0.4) is 0 Å². The highest BCUT2D eigenvalue weighted by atomic mass is 32.2. The van der Waals surface area contributed by atoms with Gasteiger partial charge in [-0.2, -0.15) is 11.8 Å². The average molecular weight is 276 g/mol. The van der Waals surface area contributed by atoms with E-state index in [0.717, 1.165) is 0 Å². The van der Waals surface area contributed by atoms with Gasteiger partial charge >= 0.3 is 0 Å². The molecule has 0 aromatic heterocycles. The minimum absolute atomic E-state index is 0.331. The first-order valence-corrected chi connectivity index (χ1v) is 9.06. The molecule has 0 nitrogen and oxygen atoms in total. The summed E-state index contributed by atoms with van der Waals surface area (Å²) in [6.45, 7) is 5.06. The molecule has 1 saturated carbocycles. The van der Waals surface area contributed by atoms with Crippen LogP contribution in [0.2, 0.25) is 0 Å². The van der Waals surface area contributed by atoms with Gasteiger partial charge in [-0.1, -0.05) is 63.4 Å². The number of rotatable bonds is 5. The summed E-state index contributed by atoms with van der Waals surface area (Å²) in [6.07, 6.45) is 10.6. The summed E-state index contributed by atoms with van der Waals surface area (Å²) in [6, 6.07) is 11.2. The Bertz CT molecular complexity index is 378. The molecule has 106 valence electrons. The molecule has 0 N–H and O–H groups in total. The maximum absolute atomic E-state index is 2.54. The van der Waals surface area contributed by atoms with Crippen LogP contribution in [0.5, 0.6) is 0 Å². The number of thioether (sulfide) groups is 1. The third-order valence-electron chi connectivity index (χ3n) is 5.51. The molecule has 1 unspecified atom stereocenters. The SMILES string of the molecule is CSCCC(C)(c1ccccc1)C1(C)CCCCC1. The summed E-state index contributed by atoms with van der Waals surface area (Å²) in [4.78, 5) is 0. The fourth-order valence-corrected chi connectivity index (χ4v) is 4.40. The Balaban J connectivity index is 2.33. The lowest BCUT2D eigenvalue weighted by Crippen LogP contribution is -2.43. The van der Waals surface area contributed by atoms with Crippen LogP contribution in [-0.2, 0) is 5.41 Å². The molecule has 1 aliphatic rings. The zero-order chi connectivity index (χ0) is 13.8. The Hall–Kier alpha value is -0.430. The second-order valence-corrected chi connectivity index (χ2v) is 7.55. The van der Waals surface area contributed by atoms with Crippen molar-refractivity contribution in [3.8, 4) is 0 Å². The van der Waals surface area contributed by atoms with Gasteiger partial charge < -0.3 is 0 Å². The van der Waals surface area contributed by atoms with Crippen molar-refractivity contribution in [3.05, 3.63) is 35.9 Å². The molecule has 1 fully saturated rings. The minimum Gasteiger partial charge on any atom is -0.165 e. The Morgan fingerprint density at radius 1 is 1.11 bits per heavy atom. The van der Waals surface area contributed by atoms with Crippen molar-refractivity contribution in [1.29, 1.82) is 0 Å². The first-order valence-electron chi connectivity index (χ1n) is 7.67. The first-order chi connectivity index (χ1) is 9.12. The normalized spacial score (nSPS) is 21.8. The van der Waals surface area contributed by atoms with Crippen molar-refractivity contribution >= 4 is 11.8 Å². The molecule has 0 bridgehead atoms. The van der Waals surface area contributed by atoms with Gasteiger partial charge in [0.05, 0.1) is 0 Å². The molecule has 0 aliphatic heterocycles. The lowest BCUT2D eigenvalue weighted by Gasteiger charge is -2.50. The third-order valence-corrected chi connectivity index (χ3v) is 6.12. The second-order valence-electron chi connectivity index (χ2n) is 6.56. The highest BCUT2D eigenvalue weighted by Crippen LogP contribution is 2.53. The summed E-state index contributed by atoms with van der Waals surface area (Å²) < 4.78 is 0. The summed E-state index contributed by atoms with van der Waals surface area (Å²) in [5, 5.41) is 0. The van der Waals surface area contributed by atoms with E-state index in [4.69, 9.17) is 0 Å². The molecule has 1 aromatic carbocycles. The van der Waals surface area contributed by atoms with Gasteiger partial charge in [-0.15, -0.1) is 0 Å². The minimum atomic E-state index is 0.331. The van der Waals surface area contributed by atoms with Crippen LogP contribution >= 0.6 is 11.8 Å². The third kappa shape index (κ3) is 3.02. The van der Waals surface area contributed by atoms with E-state index in [1.165, 1.54) is 44.3 Å². The van der Waals surface area contributed by atoms with E-state index in [-0.39, 0.29) is 0 Å². The van der Waals surface area contributed by atoms with Gasteiger partial charge in [0.15, 0.2) is 0 Å². The van der Waals surface area contributed by atoms with E-state index in [1.807, 2.05) is 11.8 Å². The smallest absolute Gasteiger partial charge is 0.00137 e. The van der Waals surface area contributed by atoms with E-state index in [1.54, 1.807) is 5.56 Å². The molecule has 19 heavy (non-hydrogen) atoms. The summed E-state index contributed by atoms with van der Waals surface area (Å²) in [5.41, 5.74) is 2.36. The molecular weight excluding hydrogens is 248 g/mol. The Labute approximate surface area is 123 Å². The molecule has 0 radical (unpaired) electrons. The Morgan fingerprint density at radius 2 is 1.74 bits per heavy atom. The van der Waals surface area contributed by atoms with Crippen LogP contribution in [0, 0.1) is 5.41 Å². The molecule has 0 heterocycles. The second kappa shape index (κ2) is 6.35. The van der Waals surface area contributed by atoms with E-state index in [9.17, 15) is 0 Å². The maximum Gasteiger partial charge on any atom is -0.00137 e. The molecule has 1 heteroatoms. The monoisotopic (exact) mass is 276 g/mol. The van der Waals surface area contributed by atoms with Crippen LogP contribution in [-0.4, -0.2) is 12.0 Å². The Kier molecular flexibility index (Phi) is 5.00. The van der Waals surface area contributed by atoms with Gasteiger partial charge in [-0.3, -0.25) is 0 Å². The van der Waals surface area contributed by atoms with E-state index >= 15 is 0 Å². The lowest BCUT2D eigenvalue weighted by molar-refractivity contribution is 0.0913. The van der Waals surface area contributed by atoms with Crippen molar-refractivity contribution < 1.29 is 0 Å². The number of hydrogen-bond donors (Lipinski definition) is 0. The number of benzene rings is 1. The largest absolute Gasteiger partial charge is 0.165 e. The van der Waals surface area contributed by atoms with Crippen LogP contribution in [0.1, 0.15) is 57.9 Å². The molecule has 1 atom stereocenters. The van der Waals surface area contributed by atoms with E-state index in [0.29, 0.717) is 10.8 Å². The van der Waals surface area contributed by atoms with Gasteiger partial charge in [-0.05, 0) is 47.7 Å². The highest BCUT2D eigenvalue weighted by molar-refractivity contribution is 7.98. The zero-order valence-electron chi connectivity index (χ0n) is 12.7. The molecule has 1 aromatic rings. The van der Waals surface area contributed by atoms with Crippen molar-refractivity contribution in [2.24, 2.45) is 5.41 Å². The summed E-state index contributed by atoms with van der Waals surface area (Å²) in [7, 11) is 0. The molecule has 0 spiro atoms. The predicted octanol–water partition coefficient (Wildman–Crippen LogP) is 5.67. The quantitative estimate of drug-likeness (QED) is 0.668. The lowest BCUT2D eigenvalue weighted by atomic mass is 9.55. The Morgan fingerprint density at radius 3 is 2.32 bits per heavy atom. The van der Waals surface area contributed by atoms with E-state index < -0.39 is 0 Å². The molecule has 2 rings (SSSR count). The topological polar surface area (TPSA) is 0 Å². The maximum atomic E-state index is 2.54. The molecule has 0 amide bonds. The van der Waals surface area contributed by atoms with Crippen LogP contribution in [0.25, 0.3) is 0 Å². The van der Waals surface area contributed by atoms with E-state index in [2.05, 4.69) is 50.4 Å². The summed E-state index contributed by atoms with van der Waals surface area (Å²) in [5.74, 6) is 1.26. The van der Waals surface area contributed by atoms with Crippen LogP contribution in [0.15, 0.2) is 30.3 Å². The first kappa shape index (κ1) is 15.0. The van der Waals surface area contributed by atoms with Crippen molar-refractivity contribution in [3.63, 3.8) is 0 Å². The van der Waals surface area contributed by atoms with Gasteiger partial charge in [0.2, 0.25) is 0 Å². The highest BCUT2D eigenvalue weighted by Gasteiger charge is 2.45. The zero-order valence-corrected chi connectivity index (χ0v) is 13.6. The van der Waals surface area contributed by atoms with Crippen molar-refractivity contribution in [2.75, 3.05) is 12.0 Å². The van der Waals surface area contributed by atoms with Crippen LogP contribution in [0.4, 0.5) is 0 Å². The predicted molar refractivity (Wildman–Crippen MR) is 88.0 cm³/mol. The molecule has 0 saturated heterocycles. The molecule has 1 aliphatic carbocycles. The van der Waals surface area contributed by atoms with Gasteiger partial charge in [0.1, 0.15) is 0 Å². The van der Waals surface area contributed by atoms with Gasteiger partial charge in [0.25, 0.3) is 0 Å². The summed E-state index contributed by atoms with van der Waals surface area (Å²) >= 11 is 1.99. The van der Waals surface area contributed by atoms with Crippen LogP contribution < -0.4 is 0 Å². The van der Waals surface area contributed by atoms with Crippen molar-refractivity contribution in [1.82, 2.24) is 0 Å². The van der Waals surface area contributed by atoms with Crippen molar-refractivity contribution in [2.45, 2.75) is 57.8 Å². The molecular formula is C18H28S.